The van der Waals surface area contributed by atoms with Crippen LogP contribution in [0.4, 0.5) is 16.2 Å². The summed E-state index contributed by atoms with van der Waals surface area (Å²) in [5.74, 6) is 0. The zero-order chi connectivity index (χ0) is 13.7. The molecule has 0 bridgehead atoms. The van der Waals surface area contributed by atoms with Gasteiger partial charge in [-0.25, -0.2) is 4.79 Å². The first-order chi connectivity index (χ1) is 9.17. The summed E-state index contributed by atoms with van der Waals surface area (Å²) in [6, 6.07) is 7.50. The van der Waals surface area contributed by atoms with Crippen LogP contribution in [-0.4, -0.2) is 32.0 Å². The predicted octanol–water partition coefficient (Wildman–Crippen LogP) is 2.84. The van der Waals surface area contributed by atoms with Gasteiger partial charge in [0.05, 0.1) is 19.3 Å². The van der Waals surface area contributed by atoms with Crippen molar-refractivity contribution in [2.75, 3.05) is 24.3 Å². The molecule has 0 aliphatic carbocycles. The molecule has 1 aliphatic rings. The normalized spacial score (nSPS) is 22.0. The summed E-state index contributed by atoms with van der Waals surface area (Å²) in [7, 11) is 1.34. The van der Waals surface area contributed by atoms with Crippen LogP contribution in [0.15, 0.2) is 24.3 Å². The highest BCUT2D eigenvalue weighted by Gasteiger charge is 2.21. The lowest BCUT2D eigenvalue weighted by molar-refractivity contribution is 0.0637. The van der Waals surface area contributed by atoms with Gasteiger partial charge < -0.3 is 14.8 Å². The molecular formula is C14H20N2O3. The molecular weight excluding hydrogens is 244 g/mol. The van der Waals surface area contributed by atoms with E-state index in [1.807, 2.05) is 24.3 Å². The van der Waals surface area contributed by atoms with Gasteiger partial charge in [-0.3, -0.25) is 5.32 Å². The van der Waals surface area contributed by atoms with Gasteiger partial charge in [0.25, 0.3) is 0 Å². The van der Waals surface area contributed by atoms with Gasteiger partial charge in [0.15, 0.2) is 0 Å². The lowest BCUT2D eigenvalue weighted by Gasteiger charge is -2.13. The van der Waals surface area contributed by atoms with Gasteiger partial charge in [-0.15, -0.1) is 0 Å². The average Bonchev–Trinajstić information content (AvgIpc) is 2.83. The summed E-state index contributed by atoms with van der Waals surface area (Å²) in [6.45, 7) is 2.92. The summed E-state index contributed by atoms with van der Waals surface area (Å²) in [5, 5.41) is 5.94. The molecule has 1 aromatic rings. The van der Waals surface area contributed by atoms with Crippen LogP contribution in [0.25, 0.3) is 0 Å². The number of rotatable bonds is 4. The fraction of sp³-hybridized carbons (Fsp3) is 0.500. The molecule has 0 radical (unpaired) electrons. The standard InChI is InChI=1S/C14H20N2O3/c1-10-3-8-13(19-10)9-15-11-4-6-12(7-5-11)16-14(17)18-2/h4-7,10,13,15H,3,8-9H2,1-2H3,(H,16,17). The Balaban J connectivity index is 1.80. The Labute approximate surface area is 113 Å². The van der Waals surface area contributed by atoms with Crippen molar-refractivity contribution in [2.24, 2.45) is 0 Å². The Morgan fingerprint density at radius 3 is 2.58 bits per heavy atom. The number of carbonyl (C=O) groups is 1. The first kappa shape index (κ1) is 13.7. The minimum Gasteiger partial charge on any atom is -0.453 e. The third-order valence-electron chi connectivity index (χ3n) is 3.17. The first-order valence-corrected chi connectivity index (χ1v) is 6.51. The van der Waals surface area contributed by atoms with Crippen molar-refractivity contribution in [3.05, 3.63) is 24.3 Å². The van der Waals surface area contributed by atoms with E-state index in [0.717, 1.165) is 25.1 Å². The Hall–Kier alpha value is -1.75. The van der Waals surface area contributed by atoms with E-state index >= 15 is 0 Å². The van der Waals surface area contributed by atoms with Crippen LogP contribution in [0.2, 0.25) is 0 Å². The molecule has 104 valence electrons. The molecule has 2 atom stereocenters. The molecule has 2 rings (SSSR count). The van der Waals surface area contributed by atoms with Crippen LogP contribution in [0.1, 0.15) is 19.8 Å². The Kier molecular flexibility index (Phi) is 4.63. The highest BCUT2D eigenvalue weighted by atomic mass is 16.5. The largest absolute Gasteiger partial charge is 0.453 e. The average molecular weight is 264 g/mol. The quantitative estimate of drug-likeness (QED) is 0.878. The van der Waals surface area contributed by atoms with E-state index in [2.05, 4.69) is 22.3 Å². The molecule has 5 heteroatoms. The molecule has 0 saturated carbocycles. The van der Waals surface area contributed by atoms with Crippen molar-refractivity contribution in [2.45, 2.75) is 32.0 Å². The van der Waals surface area contributed by atoms with Crippen LogP contribution >= 0.6 is 0 Å². The van der Waals surface area contributed by atoms with Crippen molar-refractivity contribution in [3.8, 4) is 0 Å². The SMILES string of the molecule is COC(=O)Nc1ccc(NCC2CCC(C)O2)cc1. The van der Waals surface area contributed by atoms with Crippen molar-refractivity contribution in [3.63, 3.8) is 0 Å². The first-order valence-electron chi connectivity index (χ1n) is 6.51. The summed E-state index contributed by atoms with van der Waals surface area (Å²) in [6.07, 6.45) is 2.44. The van der Waals surface area contributed by atoms with Crippen molar-refractivity contribution < 1.29 is 14.3 Å². The molecule has 1 amide bonds. The Morgan fingerprint density at radius 2 is 2.00 bits per heavy atom. The minimum atomic E-state index is -0.464. The van der Waals surface area contributed by atoms with E-state index < -0.39 is 6.09 Å². The monoisotopic (exact) mass is 264 g/mol. The highest BCUT2D eigenvalue weighted by molar-refractivity contribution is 5.84. The van der Waals surface area contributed by atoms with Crippen LogP contribution in [0, 0.1) is 0 Å². The number of anilines is 2. The second-order valence-corrected chi connectivity index (χ2v) is 4.72. The van der Waals surface area contributed by atoms with Crippen molar-refractivity contribution in [1.82, 2.24) is 0 Å². The minimum absolute atomic E-state index is 0.294. The molecule has 1 aliphatic heterocycles. The van der Waals surface area contributed by atoms with E-state index in [0.29, 0.717) is 17.9 Å². The van der Waals surface area contributed by atoms with Crippen LogP contribution in [0.3, 0.4) is 0 Å². The zero-order valence-electron chi connectivity index (χ0n) is 11.3. The maximum atomic E-state index is 11.0. The van der Waals surface area contributed by atoms with Gasteiger partial charge in [0.1, 0.15) is 0 Å². The fourth-order valence-corrected chi connectivity index (χ4v) is 2.11. The maximum absolute atomic E-state index is 11.0. The van der Waals surface area contributed by atoms with E-state index in [1.54, 1.807) is 0 Å². The van der Waals surface area contributed by atoms with Gasteiger partial charge in [0, 0.05) is 17.9 Å². The topological polar surface area (TPSA) is 59.6 Å². The van der Waals surface area contributed by atoms with E-state index in [1.165, 1.54) is 7.11 Å². The molecule has 0 aromatic heterocycles. The van der Waals surface area contributed by atoms with E-state index in [9.17, 15) is 4.79 Å². The lowest BCUT2D eigenvalue weighted by Crippen LogP contribution is -2.19. The zero-order valence-corrected chi connectivity index (χ0v) is 11.3. The maximum Gasteiger partial charge on any atom is 0.411 e. The van der Waals surface area contributed by atoms with Gasteiger partial charge >= 0.3 is 6.09 Å². The second kappa shape index (κ2) is 6.43. The van der Waals surface area contributed by atoms with Crippen molar-refractivity contribution in [1.29, 1.82) is 0 Å². The second-order valence-electron chi connectivity index (χ2n) is 4.72. The summed E-state index contributed by atoms with van der Waals surface area (Å²) in [4.78, 5) is 11.0. The molecule has 19 heavy (non-hydrogen) atoms. The van der Waals surface area contributed by atoms with E-state index in [-0.39, 0.29) is 0 Å². The predicted molar refractivity (Wildman–Crippen MR) is 74.5 cm³/mol. The van der Waals surface area contributed by atoms with Gasteiger partial charge in [-0.2, -0.15) is 0 Å². The van der Waals surface area contributed by atoms with Gasteiger partial charge in [-0.05, 0) is 44.0 Å². The fourth-order valence-electron chi connectivity index (χ4n) is 2.11. The number of hydrogen-bond donors (Lipinski definition) is 2. The molecule has 1 fully saturated rings. The molecule has 1 heterocycles. The van der Waals surface area contributed by atoms with Crippen molar-refractivity contribution >= 4 is 17.5 Å². The summed E-state index contributed by atoms with van der Waals surface area (Å²) in [5.41, 5.74) is 1.72. The number of nitrogens with one attached hydrogen (secondary N) is 2. The number of hydrogen-bond acceptors (Lipinski definition) is 4. The molecule has 1 saturated heterocycles. The number of ether oxygens (including phenoxy) is 2. The number of amides is 1. The highest BCUT2D eigenvalue weighted by Crippen LogP contribution is 2.20. The number of carbonyl (C=O) groups excluding carboxylic acids is 1. The molecule has 0 spiro atoms. The van der Waals surface area contributed by atoms with Crippen LogP contribution < -0.4 is 10.6 Å². The number of methoxy groups -OCH3 is 1. The smallest absolute Gasteiger partial charge is 0.411 e. The Morgan fingerprint density at radius 1 is 1.32 bits per heavy atom. The van der Waals surface area contributed by atoms with Gasteiger partial charge in [0.2, 0.25) is 0 Å². The molecule has 2 unspecified atom stereocenters. The third-order valence-corrected chi connectivity index (χ3v) is 3.17. The summed E-state index contributed by atoms with van der Waals surface area (Å²) < 4.78 is 10.3. The van der Waals surface area contributed by atoms with Crippen LogP contribution in [0.5, 0.6) is 0 Å². The summed E-state index contributed by atoms with van der Waals surface area (Å²) >= 11 is 0. The lowest BCUT2D eigenvalue weighted by atomic mass is 10.2. The Bertz CT molecular complexity index is 419. The number of benzene rings is 1. The molecule has 1 aromatic carbocycles. The van der Waals surface area contributed by atoms with E-state index in [4.69, 9.17) is 4.74 Å². The molecule has 2 N–H and O–H groups in total. The molecule has 5 nitrogen and oxygen atoms in total. The van der Waals surface area contributed by atoms with Crippen LogP contribution in [-0.2, 0) is 9.47 Å². The third kappa shape index (κ3) is 4.13. The van der Waals surface area contributed by atoms with Gasteiger partial charge in [-0.1, -0.05) is 0 Å².